The molecule has 0 unspecified atom stereocenters. The molecular weight excluding hydrogens is 178 g/mol. The molecule has 3 nitrogen and oxygen atoms in total. The van der Waals surface area contributed by atoms with Crippen molar-refractivity contribution in [3.05, 3.63) is 29.8 Å². The highest BCUT2D eigenvalue weighted by atomic mass is 16.3. The molecule has 0 fully saturated rings. The number of hydrogen-bond acceptors (Lipinski definition) is 2. The van der Waals surface area contributed by atoms with Gasteiger partial charge in [0.05, 0.1) is 5.56 Å². The summed E-state index contributed by atoms with van der Waals surface area (Å²) in [6, 6.07) is 6.49. The Kier molecular flexibility index (Phi) is 2.79. The maximum Gasteiger partial charge on any atom is 0.255 e. The van der Waals surface area contributed by atoms with E-state index in [-0.39, 0.29) is 17.2 Å². The van der Waals surface area contributed by atoms with Crippen LogP contribution in [0.15, 0.2) is 24.3 Å². The minimum absolute atomic E-state index is 0.00856. The highest BCUT2D eigenvalue weighted by molar-refractivity contribution is 5.97. The quantitative estimate of drug-likeness (QED) is 0.715. The number of carbonyl (C=O) groups excluding carboxylic acids is 1. The van der Waals surface area contributed by atoms with Crippen LogP contribution in [0.5, 0.6) is 5.75 Å². The standard InChI is InChI=1S/C11H15NO2/c1-11(2,3)12-10(14)8-6-4-5-7-9(8)13/h4-7,13H,1-3H3,(H,12,14). The molecule has 0 saturated heterocycles. The van der Waals surface area contributed by atoms with Gasteiger partial charge in [-0.05, 0) is 32.9 Å². The second kappa shape index (κ2) is 3.70. The van der Waals surface area contributed by atoms with Gasteiger partial charge in [0.2, 0.25) is 0 Å². The molecule has 0 aromatic heterocycles. The fourth-order valence-corrected chi connectivity index (χ4v) is 1.07. The van der Waals surface area contributed by atoms with E-state index in [1.165, 1.54) is 6.07 Å². The predicted octanol–water partition coefficient (Wildman–Crippen LogP) is 1.92. The number of benzene rings is 1. The summed E-state index contributed by atoms with van der Waals surface area (Å²) in [6.07, 6.45) is 0. The number of aromatic hydroxyl groups is 1. The summed E-state index contributed by atoms with van der Waals surface area (Å²) in [4.78, 5) is 11.6. The van der Waals surface area contributed by atoms with Gasteiger partial charge in [-0.15, -0.1) is 0 Å². The van der Waals surface area contributed by atoms with Gasteiger partial charge in [0.15, 0.2) is 0 Å². The molecule has 0 aliphatic heterocycles. The maximum absolute atomic E-state index is 11.6. The van der Waals surface area contributed by atoms with E-state index >= 15 is 0 Å². The summed E-state index contributed by atoms with van der Waals surface area (Å²) < 4.78 is 0. The Morgan fingerprint density at radius 1 is 1.29 bits per heavy atom. The average Bonchev–Trinajstić information content (AvgIpc) is 2.01. The molecule has 1 amide bonds. The minimum Gasteiger partial charge on any atom is -0.507 e. The molecule has 0 atom stereocenters. The first-order valence-electron chi connectivity index (χ1n) is 4.51. The largest absolute Gasteiger partial charge is 0.507 e. The molecule has 0 bridgehead atoms. The van der Waals surface area contributed by atoms with Crippen molar-refractivity contribution in [3.63, 3.8) is 0 Å². The van der Waals surface area contributed by atoms with Crippen molar-refractivity contribution in [2.75, 3.05) is 0 Å². The van der Waals surface area contributed by atoms with Gasteiger partial charge < -0.3 is 10.4 Å². The molecular formula is C11H15NO2. The van der Waals surface area contributed by atoms with Gasteiger partial charge in [0, 0.05) is 5.54 Å². The van der Waals surface area contributed by atoms with Gasteiger partial charge in [-0.1, -0.05) is 12.1 Å². The van der Waals surface area contributed by atoms with E-state index in [4.69, 9.17) is 0 Å². The topological polar surface area (TPSA) is 49.3 Å². The lowest BCUT2D eigenvalue weighted by molar-refractivity contribution is 0.0917. The molecule has 0 aliphatic rings. The average molecular weight is 193 g/mol. The number of amides is 1. The lowest BCUT2D eigenvalue weighted by atomic mass is 10.1. The van der Waals surface area contributed by atoms with Gasteiger partial charge in [-0.2, -0.15) is 0 Å². The third-order valence-electron chi connectivity index (χ3n) is 1.64. The summed E-state index contributed by atoms with van der Waals surface area (Å²) in [7, 11) is 0. The zero-order valence-electron chi connectivity index (χ0n) is 8.66. The summed E-state index contributed by atoms with van der Waals surface area (Å²) in [6.45, 7) is 5.68. The van der Waals surface area contributed by atoms with Crippen LogP contribution < -0.4 is 5.32 Å². The second-order valence-corrected chi connectivity index (χ2v) is 4.22. The smallest absolute Gasteiger partial charge is 0.255 e. The van der Waals surface area contributed by atoms with E-state index < -0.39 is 0 Å². The summed E-state index contributed by atoms with van der Waals surface area (Å²) in [5.74, 6) is -0.246. The van der Waals surface area contributed by atoms with Crippen LogP contribution in [0.2, 0.25) is 0 Å². The molecule has 0 saturated carbocycles. The van der Waals surface area contributed by atoms with E-state index in [0.29, 0.717) is 5.56 Å². The first-order valence-corrected chi connectivity index (χ1v) is 4.51. The van der Waals surface area contributed by atoms with Crippen molar-refractivity contribution >= 4 is 5.91 Å². The number of para-hydroxylation sites is 1. The first kappa shape index (κ1) is 10.6. The number of phenols is 1. The van der Waals surface area contributed by atoms with Crippen LogP contribution in [0, 0.1) is 0 Å². The monoisotopic (exact) mass is 193 g/mol. The fourth-order valence-electron chi connectivity index (χ4n) is 1.07. The molecule has 0 aliphatic carbocycles. The molecule has 1 aromatic rings. The van der Waals surface area contributed by atoms with Crippen molar-refractivity contribution < 1.29 is 9.90 Å². The van der Waals surface area contributed by atoms with Gasteiger partial charge in [-0.25, -0.2) is 0 Å². The van der Waals surface area contributed by atoms with Gasteiger partial charge in [0.25, 0.3) is 5.91 Å². The van der Waals surface area contributed by atoms with Crippen molar-refractivity contribution in [2.24, 2.45) is 0 Å². The van der Waals surface area contributed by atoms with Crippen molar-refractivity contribution in [1.29, 1.82) is 0 Å². The second-order valence-electron chi connectivity index (χ2n) is 4.22. The Morgan fingerprint density at radius 2 is 1.86 bits per heavy atom. The SMILES string of the molecule is CC(C)(C)NC(=O)c1ccccc1O. The van der Waals surface area contributed by atoms with Crippen LogP contribution in [0.3, 0.4) is 0 Å². The zero-order valence-corrected chi connectivity index (χ0v) is 8.66. The molecule has 14 heavy (non-hydrogen) atoms. The van der Waals surface area contributed by atoms with Crippen LogP contribution in [-0.2, 0) is 0 Å². The molecule has 2 N–H and O–H groups in total. The third-order valence-corrected chi connectivity index (χ3v) is 1.64. The molecule has 3 heteroatoms. The predicted molar refractivity (Wildman–Crippen MR) is 55.3 cm³/mol. The Balaban J connectivity index is 2.86. The van der Waals surface area contributed by atoms with Crippen molar-refractivity contribution in [2.45, 2.75) is 26.3 Å². The Bertz CT molecular complexity index is 339. The third kappa shape index (κ3) is 2.76. The number of hydrogen-bond donors (Lipinski definition) is 2. The molecule has 1 rings (SSSR count). The number of nitrogens with one attached hydrogen (secondary N) is 1. The summed E-state index contributed by atoms with van der Waals surface area (Å²) >= 11 is 0. The maximum atomic E-state index is 11.6. The molecule has 76 valence electrons. The lowest BCUT2D eigenvalue weighted by Crippen LogP contribution is -2.40. The van der Waals surface area contributed by atoms with E-state index in [1.54, 1.807) is 18.2 Å². The van der Waals surface area contributed by atoms with Crippen LogP contribution >= 0.6 is 0 Å². The van der Waals surface area contributed by atoms with E-state index in [9.17, 15) is 9.90 Å². The number of rotatable bonds is 1. The van der Waals surface area contributed by atoms with Crippen molar-refractivity contribution in [1.82, 2.24) is 5.32 Å². The minimum atomic E-state index is -0.292. The lowest BCUT2D eigenvalue weighted by Gasteiger charge is -2.20. The first-order chi connectivity index (χ1) is 6.40. The highest BCUT2D eigenvalue weighted by Gasteiger charge is 2.17. The van der Waals surface area contributed by atoms with Crippen LogP contribution in [0.25, 0.3) is 0 Å². The Labute approximate surface area is 83.8 Å². The zero-order chi connectivity index (χ0) is 10.8. The normalized spacial score (nSPS) is 11.1. The van der Waals surface area contributed by atoms with Crippen LogP contribution in [-0.4, -0.2) is 16.6 Å². The Morgan fingerprint density at radius 3 is 2.36 bits per heavy atom. The van der Waals surface area contributed by atoms with Crippen LogP contribution in [0.4, 0.5) is 0 Å². The van der Waals surface area contributed by atoms with Gasteiger partial charge >= 0.3 is 0 Å². The summed E-state index contributed by atoms with van der Waals surface area (Å²) in [5.41, 5.74) is 0.0155. The Hall–Kier alpha value is -1.51. The van der Waals surface area contributed by atoms with E-state index in [0.717, 1.165) is 0 Å². The van der Waals surface area contributed by atoms with Crippen LogP contribution in [0.1, 0.15) is 31.1 Å². The van der Waals surface area contributed by atoms with Gasteiger partial charge in [0.1, 0.15) is 5.75 Å². The van der Waals surface area contributed by atoms with E-state index in [1.807, 2.05) is 20.8 Å². The highest BCUT2D eigenvalue weighted by Crippen LogP contribution is 2.16. The molecule has 0 radical (unpaired) electrons. The molecule has 1 aromatic carbocycles. The van der Waals surface area contributed by atoms with Gasteiger partial charge in [-0.3, -0.25) is 4.79 Å². The van der Waals surface area contributed by atoms with E-state index in [2.05, 4.69) is 5.32 Å². The fraction of sp³-hybridized carbons (Fsp3) is 0.364. The summed E-state index contributed by atoms with van der Waals surface area (Å²) in [5, 5.41) is 12.2. The number of carbonyl (C=O) groups is 1. The molecule has 0 spiro atoms. The van der Waals surface area contributed by atoms with Crippen molar-refractivity contribution in [3.8, 4) is 5.75 Å². The number of phenolic OH excluding ortho intramolecular Hbond substituents is 1. The molecule has 0 heterocycles.